The minimum Gasteiger partial charge on any atom is -0.480 e. The molecule has 2 rings (SSSR count). The largest absolute Gasteiger partial charge is 0.480 e. The molecule has 7 heteroatoms. The minimum absolute atomic E-state index is 0.0455. The van der Waals surface area contributed by atoms with E-state index in [9.17, 15) is 9.59 Å². The molecule has 0 fully saturated rings. The Morgan fingerprint density at radius 3 is 2.86 bits per heavy atom. The molecule has 0 aliphatic heterocycles. The molecule has 1 aromatic carbocycles. The first-order chi connectivity index (χ1) is 10.1. The standard InChI is InChI=1S/C14H16N2O5/c1-20-7-6-16-12(8-21-9-13(17)18)15-11-5-3-2-4-10(11)14(16)19/h2-5H,6-9H2,1H3,(H,17,18). The zero-order valence-electron chi connectivity index (χ0n) is 11.6. The van der Waals surface area contributed by atoms with Gasteiger partial charge in [0.1, 0.15) is 19.0 Å². The number of benzene rings is 1. The lowest BCUT2D eigenvalue weighted by Crippen LogP contribution is -2.28. The number of nitrogens with zero attached hydrogens (tertiary/aromatic N) is 2. The van der Waals surface area contributed by atoms with Gasteiger partial charge in [0.05, 0.1) is 24.1 Å². The SMILES string of the molecule is COCCn1c(COCC(=O)O)nc2ccccc2c1=O. The van der Waals surface area contributed by atoms with Crippen molar-refractivity contribution in [2.24, 2.45) is 0 Å². The number of hydrogen-bond acceptors (Lipinski definition) is 5. The predicted molar refractivity (Wildman–Crippen MR) is 75.2 cm³/mol. The number of carboxylic acids is 1. The van der Waals surface area contributed by atoms with Crippen LogP contribution in [0.4, 0.5) is 0 Å². The van der Waals surface area contributed by atoms with Crippen molar-refractivity contribution in [3.8, 4) is 0 Å². The summed E-state index contributed by atoms with van der Waals surface area (Å²) >= 11 is 0. The van der Waals surface area contributed by atoms with Crippen LogP contribution in [0.25, 0.3) is 10.9 Å². The summed E-state index contributed by atoms with van der Waals surface area (Å²) in [6.45, 7) is 0.202. The number of aromatic nitrogens is 2. The monoisotopic (exact) mass is 292 g/mol. The van der Waals surface area contributed by atoms with Gasteiger partial charge in [-0.05, 0) is 12.1 Å². The minimum atomic E-state index is -1.07. The van der Waals surface area contributed by atoms with Gasteiger partial charge in [-0.2, -0.15) is 0 Å². The van der Waals surface area contributed by atoms with Gasteiger partial charge in [0.25, 0.3) is 5.56 Å². The van der Waals surface area contributed by atoms with E-state index in [2.05, 4.69) is 4.98 Å². The van der Waals surface area contributed by atoms with Crippen molar-refractivity contribution in [3.63, 3.8) is 0 Å². The second kappa shape index (κ2) is 6.96. The Balaban J connectivity index is 2.39. The molecule has 1 heterocycles. The normalized spacial score (nSPS) is 10.9. The van der Waals surface area contributed by atoms with Crippen LogP contribution in [0.1, 0.15) is 5.82 Å². The number of carboxylic acid groups (broad SMARTS) is 1. The van der Waals surface area contributed by atoms with E-state index in [-0.39, 0.29) is 12.2 Å². The number of aliphatic carboxylic acids is 1. The number of rotatable bonds is 7. The van der Waals surface area contributed by atoms with Crippen molar-refractivity contribution in [2.45, 2.75) is 13.2 Å². The van der Waals surface area contributed by atoms with Crippen molar-refractivity contribution in [2.75, 3.05) is 20.3 Å². The number of ether oxygens (including phenoxy) is 2. The Morgan fingerprint density at radius 2 is 2.14 bits per heavy atom. The number of hydrogen-bond donors (Lipinski definition) is 1. The lowest BCUT2D eigenvalue weighted by Gasteiger charge is -2.13. The molecule has 0 saturated carbocycles. The van der Waals surface area contributed by atoms with Gasteiger partial charge in [-0.1, -0.05) is 12.1 Å². The lowest BCUT2D eigenvalue weighted by molar-refractivity contribution is -0.142. The fourth-order valence-electron chi connectivity index (χ4n) is 1.97. The second-order valence-corrected chi connectivity index (χ2v) is 4.38. The maximum Gasteiger partial charge on any atom is 0.329 e. The van der Waals surface area contributed by atoms with Crippen LogP contribution < -0.4 is 5.56 Å². The second-order valence-electron chi connectivity index (χ2n) is 4.38. The van der Waals surface area contributed by atoms with Crippen molar-refractivity contribution < 1.29 is 19.4 Å². The maximum atomic E-state index is 12.4. The predicted octanol–water partition coefficient (Wildman–Crippen LogP) is 0.644. The summed E-state index contributed by atoms with van der Waals surface area (Å²) in [5.41, 5.74) is 0.372. The molecule has 0 saturated heterocycles. The zero-order valence-corrected chi connectivity index (χ0v) is 11.6. The van der Waals surface area contributed by atoms with Crippen LogP contribution in [0.3, 0.4) is 0 Å². The van der Waals surface area contributed by atoms with Gasteiger partial charge in [-0.3, -0.25) is 9.36 Å². The number of para-hydroxylation sites is 1. The molecule has 0 radical (unpaired) electrons. The van der Waals surface area contributed by atoms with Gasteiger partial charge < -0.3 is 14.6 Å². The molecule has 0 amide bonds. The highest BCUT2D eigenvalue weighted by molar-refractivity contribution is 5.77. The molecular weight excluding hydrogens is 276 g/mol. The molecular formula is C14H16N2O5. The van der Waals surface area contributed by atoms with Crippen LogP contribution in [0.15, 0.2) is 29.1 Å². The molecule has 0 aliphatic rings. The van der Waals surface area contributed by atoms with Gasteiger partial charge in [-0.25, -0.2) is 9.78 Å². The first-order valence-corrected chi connectivity index (χ1v) is 6.40. The van der Waals surface area contributed by atoms with Crippen LogP contribution in [0.5, 0.6) is 0 Å². The third kappa shape index (κ3) is 3.65. The van der Waals surface area contributed by atoms with E-state index in [1.165, 1.54) is 4.57 Å². The van der Waals surface area contributed by atoms with Gasteiger partial charge in [0.2, 0.25) is 0 Å². The first-order valence-electron chi connectivity index (χ1n) is 6.40. The molecule has 0 bridgehead atoms. The quantitative estimate of drug-likeness (QED) is 0.805. The van der Waals surface area contributed by atoms with Crippen molar-refractivity contribution in [1.29, 1.82) is 0 Å². The van der Waals surface area contributed by atoms with Crippen molar-refractivity contribution in [3.05, 3.63) is 40.4 Å². The highest BCUT2D eigenvalue weighted by Gasteiger charge is 2.11. The number of fused-ring (bicyclic) bond motifs is 1. The molecule has 0 aliphatic carbocycles. The topological polar surface area (TPSA) is 90.7 Å². The molecule has 7 nitrogen and oxygen atoms in total. The van der Waals surface area contributed by atoms with Crippen LogP contribution in [0.2, 0.25) is 0 Å². The molecule has 1 aromatic heterocycles. The Labute approximate surface area is 120 Å². The Morgan fingerprint density at radius 1 is 1.38 bits per heavy atom. The summed E-state index contributed by atoms with van der Waals surface area (Å²) in [5, 5.41) is 9.10. The van der Waals surface area contributed by atoms with E-state index >= 15 is 0 Å². The molecule has 1 N–H and O–H groups in total. The fraction of sp³-hybridized carbons (Fsp3) is 0.357. The summed E-state index contributed by atoms with van der Waals surface area (Å²) in [7, 11) is 1.54. The highest BCUT2D eigenvalue weighted by Crippen LogP contribution is 2.08. The summed E-state index contributed by atoms with van der Waals surface area (Å²) in [4.78, 5) is 27.3. The van der Waals surface area contributed by atoms with E-state index in [1.807, 2.05) is 0 Å². The van der Waals surface area contributed by atoms with E-state index in [4.69, 9.17) is 14.6 Å². The summed E-state index contributed by atoms with van der Waals surface area (Å²) in [5.74, 6) is -0.682. The highest BCUT2D eigenvalue weighted by atomic mass is 16.5. The summed E-state index contributed by atoms with van der Waals surface area (Å²) < 4.78 is 11.5. The van der Waals surface area contributed by atoms with Gasteiger partial charge in [0.15, 0.2) is 0 Å². The van der Waals surface area contributed by atoms with Crippen LogP contribution in [-0.4, -0.2) is 41.0 Å². The Kier molecular flexibility index (Phi) is 5.02. The average molecular weight is 292 g/mol. The van der Waals surface area contributed by atoms with E-state index in [0.29, 0.717) is 29.9 Å². The summed E-state index contributed by atoms with van der Waals surface area (Å²) in [6, 6.07) is 7.00. The third-order valence-electron chi connectivity index (χ3n) is 2.92. The first kappa shape index (κ1) is 15.1. The third-order valence-corrected chi connectivity index (χ3v) is 2.92. The van der Waals surface area contributed by atoms with Crippen LogP contribution in [0, 0.1) is 0 Å². The molecule has 0 unspecified atom stereocenters. The average Bonchev–Trinajstić information content (AvgIpc) is 2.46. The molecule has 112 valence electrons. The van der Waals surface area contributed by atoms with Crippen molar-refractivity contribution >= 4 is 16.9 Å². The van der Waals surface area contributed by atoms with Gasteiger partial charge in [-0.15, -0.1) is 0 Å². The maximum absolute atomic E-state index is 12.4. The van der Waals surface area contributed by atoms with Crippen LogP contribution >= 0.6 is 0 Å². The van der Waals surface area contributed by atoms with Crippen LogP contribution in [-0.2, 0) is 27.4 Å². The lowest BCUT2D eigenvalue weighted by atomic mass is 10.2. The van der Waals surface area contributed by atoms with Gasteiger partial charge >= 0.3 is 5.97 Å². The molecule has 21 heavy (non-hydrogen) atoms. The van der Waals surface area contributed by atoms with E-state index in [0.717, 1.165) is 0 Å². The smallest absolute Gasteiger partial charge is 0.329 e. The number of carbonyl (C=O) groups is 1. The van der Waals surface area contributed by atoms with Crippen molar-refractivity contribution in [1.82, 2.24) is 9.55 Å². The number of methoxy groups -OCH3 is 1. The summed E-state index contributed by atoms with van der Waals surface area (Å²) in [6.07, 6.45) is 0. The fourth-order valence-corrected chi connectivity index (χ4v) is 1.97. The zero-order chi connectivity index (χ0) is 15.2. The van der Waals surface area contributed by atoms with E-state index < -0.39 is 12.6 Å². The van der Waals surface area contributed by atoms with E-state index in [1.54, 1.807) is 31.4 Å². The Hall–Kier alpha value is -2.25. The Bertz CT molecular complexity index is 695. The van der Waals surface area contributed by atoms with Gasteiger partial charge in [0, 0.05) is 7.11 Å². The molecule has 0 spiro atoms. The molecule has 2 aromatic rings. The molecule has 0 atom stereocenters.